The third-order valence-electron chi connectivity index (χ3n) is 6.65. The Bertz CT molecular complexity index is 1240. The highest BCUT2D eigenvalue weighted by molar-refractivity contribution is 5.94. The Kier molecular flexibility index (Phi) is 7.86. The fourth-order valence-corrected chi connectivity index (χ4v) is 4.36. The average Bonchev–Trinajstić information content (AvgIpc) is 3.56. The van der Waals surface area contributed by atoms with Crippen LogP contribution in [0.5, 0.6) is 11.5 Å². The van der Waals surface area contributed by atoms with Crippen molar-refractivity contribution < 1.29 is 23.6 Å². The van der Waals surface area contributed by atoms with E-state index in [0.717, 1.165) is 18.4 Å². The first-order valence-corrected chi connectivity index (χ1v) is 12.7. The van der Waals surface area contributed by atoms with Gasteiger partial charge in [0.05, 0.1) is 6.54 Å². The molecule has 2 aromatic carbocycles. The molecule has 1 aliphatic heterocycles. The second-order valence-electron chi connectivity index (χ2n) is 10.3. The lowest BCUT2D eigenvalue weighted by molar-refractivity contribution is 0.0627. The molecule has 0 atom stereocenters. The van der Waals surface area contributed by atoms with Crippen LogP contribution in [0.4, 0.5) is 0 Å². The standard InChI is InChI=1S/C29H35N3O5/c1-6-22(7-2)32(28(34)20-9-11-21(12-10-20)29(3,4)5)17-23-15-24(31-37-23)27(33)30-16-19-8-13-25-26(14-19)36-18-35-25/h8-15,22H,6-7,16-18H2,1-5H3,(H,30,33). The maximum absolute atomic E-state index is 13.5. The highest BCUT2D eigenvalue weighted by Crippen LogP contribution is 2.32. The van der Waals surface area contributed by atoms with Crippen molar-refractivity contribution in [2.24, 2.45) is 0 Å². The fourth-order valence-electron chi connectivity index (χ4n) is 4.36. The zero-order valence-corrected chi connectivity index (χ0v) is 22.2. The summed E-state index contributed by atoms with van der Waals surface area (Å²) in [5.41, 5.74) is 2.85. The maximum Gasteiger partial charge on any atom is 0.273 e. The molecule has 0 saturated heterocycles. The lowest BCUT2D eigenvalue weighted by Gasteiger charge is -2.30. The summed E-state index contributed by atoms with van der Waals surface area (Å²) in [6, 6.07) is 14.9. The second-order valence-corrected chi connectivity index (χ2v) is 10.3. The summed E-state index contributed by atoms with van der Waals surface area (Å²) in [6.45, 7) is 11.3. The third-order valence-corrected chi connectivity index (χ3v) is 6.65. The smallest absolute Gasteiger partial charge is 0.273 e. The Morgan fingerprint density at radius 3 is 2.38 bits per heavy atom. The molecular weight excluding hydrogens is 470 g/mol. The largest absolute Gasteiger partial charge is 0.454 e. The molecule has 1 N–H and O–H groups in total. The Hall–Kier alpha value is -3.81. The fraction of sp³-hybridized carbons (Fsp3) is 0.414. The van der Waals surface area contributed by atoms with E-state index in [1.807, 2.05) is 42.5 Å². The van der Waals surface area contributed by atoms with Crippen LogP contribution in [0.25, 0.3) is 0 Å². The molecule has 0 aliphatic carbocycles. The van der Waals surface area contributed by atoms with Gasteiger partial charge in [-0.05, 0) is 53.6 Å². The minimum absolute atomic E-state index is 0.0101. The van der Waals surface area contributed by atoms with Gasteiger partial charge in [0.15, 0.2) is 23.0 Å². The number of carbonyl (C=O) groups is 2. The van der Waals surface area contributed by atoms with Crippen molar-refractivity contribution in [1.29, 1.82) is 0 Å². The van der Waals surface area contributed by atoms with Crippen LogP contribution in [-0.4, -0.2) is 34.7 Å². The van der Waals surface area contributed by atoms with Crippen LogP contribution in [-0.2, 0) is 18.5 Å². The van der Waals surface area contributed by atoms with Gasteiger partial charge in [-0.1, -0.05) is 58.0 Å². The van der Waals surface area contributed by atoms with Gasteiger partial charge in [0.2, 0.25) is 6.79 Å². The molecule has 0 unspecified atom stereocenters. The Morgan fingerprint density at radius 1 is 1.00 bits per heavy atom. The zero-order valence-electron chi connectivity index (χ0n) is 22.2. The first-order chi connectivity index (χ1) is 17.7. The van der Waals surface area contributed by atoms with E-state index < -0.39 is 0 Å². The van der Waals surface area contributed by atoms with E-state index >= 15 is 0 Å². The van der Waals surface area contributed by atoms with Crippen LogP contribution < -0.4 is 14.8 Å². The predicted molar refractivity (Wildman–Crippen MR) is 140 cm³/mol. The monoisotopic (exact) mass is 505 g/mol. The predicted octanol–water partition coefficient (Wildman–Crippen LogP) is 5.46. The number of aromatic nitrogens is 1. The Labute approximate surface area is 217 Å². The number of amides is 2. The molecule has 8 heteroatoms. The van der Waals surface area contributed by atoms with Crippen molar-refractivity contribution in [2.75, 3.05) is 6.79 Å². The van der Waals surface area contributed by atoms with Crippen molar-refractivity contribution in [1.82, 2.24) is 15.4 Å². The average molecular weight is 506 g/mol. The molecule has 196 valence electrons. The lowest BCUT2D eigenvalue weighted by atomic mass is 9.86. The summed E-state index contributed by atoms with van der Waals surface area (Å²) in [6.07, 6.45) is 1.61. The number of hydrogen-bond donors (Lipinski definition) is 1. The quantitative estimate of drug-likeness (QED) is 0.415. The normalized spacial score (nSPS) is 12.6. The van der Waals surface area contributed by atoms with Crippen LogP contribution in [0.2, 0.25) is 0 Å². The molecular formula is C29H35N3O5. The first kappa shape index (κ1) is 26.3. The Balaban J connectivity index is 1.44. The second kappa shape index (κ2) is 11.1. The van der Waals surface area contributed by atoms with Crippen LogP contribution in [0.15, 0.2) is 53.1 Å². The molecule has 0 saturated carbocycles. The summed E-state index contributed by atoms with van der Waals surface area (Å²) in [4.78, 5) is 28.0. The van der Waals surface area contributed by atoms with Gasteiger partial charge >= 0.3 is 0 Å². The molecule has 1 aliphatic rings. The molecule has 0 radical (unpaired) electrons. The molecule has 8 nitrogen and oxygen atoms in total. The number of carbonyl (C=O) groups excluding carboxylic acids is 2. The molecule has 2 heterocycles. The molecule has 0 bridgehead atoms. The molecule has 3 aromatic rings. The van der Waals surface area contributed by atoms with Gasteiger partial charge in [-0.3, -0.25) is 9.59 Å². The van der Waals surface area contributed by atoms with Crippen molar-refractivity contribution >= 4 is 11.8 Å². The molecule has 1 aromatic heterocycles. The minimum Gasteiger partial charge on any atom is -0.454 e. The summed E-state index contributed by atoms with van der Waals surface area (Å²) in [5.74, 6) is 1.39. The van der Waals surface area contributed by atoms with Crippen LogP contribution in [0.3, 0.4) is 0 Å². The van der Waals surface area contributed by atoms with Gasteiger partial charge in [-0.2, -0.15) is 0 Å². The van der Waals surface area contributed by atoms with E-state index in [0.29, 0.717) is 29.4 Å². The number of rotatable bonds is 9. The van der Waals surface area contributed by atoms with Gasteiger partial charge in [-0.15, -0.1) is 0 Å². The molecule has 0 fully saturated rings. The maximum atomic E-state index is 13.5. The zero-order chi connectivity index (χ0) is 26.6. The molecule has 4 rings (SSSR count). The van der Waals surface area contributed by atoms with E-state index in [9.17, 15) is 9.59 Å². The summed E-state index contributed by atoms with van der Waals surface area (Å²) in [7, 11) is 0. The number of fused-ring (bicyclic) bond motifs is 1. The summed E-state index contributed by atoms with van der Waals surface area (Å²) < 4.78 is 16.2. The van der Waals surface area contributed by atoms with Crippen molar-refractivity contribution in [3.63, 3.8) is 0 Å². The Morgan fingerprint density at radius 2 is 1.70 bits per heavy atom. The summed E-state index contributed by atoms with van der Waals surface area (Å²) in [5, 5.41) is 6.80. The number of hydrogen-bond acceptors (Lipinski definition) is 6. The number of benzene rings is 2. The highest BCUT2D eigenvalue weighted by atomic mass is 16.7. The number of nitrogens with one attached hydrogen (secondary N) is 1. The summed E-state index contributed by atoms with van der Waals surface area (Å²) >= 11 is 0. The van der Waals surface area contributed by atoms with Crippen LogP contribution in [0.1, 0.15) is 85.2 Å². The van der Waals surface area contributed by atoms with Gasteiger partial charge in [-0.25, -0.2) is 0 Å². The van der Waals surface area contributed by atoms with E-state index in [1.54, 1.807) is 11.0 Å². The van der Waals surface area contributed by atoms with E-state index in [2.05, 4.69) is 45.1 Å². The topological polar surface area (TPSA) is 93.9 Å². The SMILES string of the molecule is CCC(CC)N(Cc1cc(C(=O)NCc2ccc3c(c2)OCO3)no1)C(=O)c1ccc(C(C)(C)C)cc1. The van der Waals surface area contributed by atoms with E-state index in [4.69, 9.17) is 14.0 Å². The highest BCUT2D eigenvalue weighted by Gasteiger charge is 2.26. The third kappa shape index (κ3) is 6.13. The first-order valence-electron chi connectivity index (χ1n) is 12.7. The van der Waals surface area contributed by atoms with Gasteiger partial charge in [0.25, 0.3) is 11.8 Å². The van der Waals surface area contributed by atoms with Crippen molar-refractivity contribution in [3.05, 3.63) is 76.7 Å². The minimum atomic E-state index is -0.356. The number of ether oxygens (including phenoxy) is 2. The molecule has 2 amide bonds. The van der Waals surface area contributed by atoms with Gasteiger partial charge in [0.1, 0.15) is 0 Å². The van der Waals surface area contributed by atoms with Crippen molar-refractivity contribution in [2.45, 2.75) is 72.0 Å². The van der Waals surface area contributed by atoms with E-state index in [1.165, 1.54) is 5.56 Å². The van der Waals surface area contributed by atoms with Gasteiger partial charge < -0.3 is 24.2 Å². The van der Waals surface area contributed by atoms with Crippen LogP contribution >= 0.6 is 0 Å². The van der Waals surface area contributed by atoms with Gasteiger partial charge in [0, 0.05) is 24.2 Å². The van der Waals surface area contributed by atoms with Crippen molar-refractivity contribution in [3.8, 4) is 11.5 Å². The molecule has 37 heavy (non-hydrogen) atoms. The number of nitrogens with zero attached hydrogens (tertiary/aromatic N) is 2. The molecule has 0 spiro atoms. The van der Waals surface area contributed by atoms with Crippen LogP contribution in [0, 0.1) is 0 Å². The lowest BCUT2D eigenvalue weighted by Crippen LogP contribution is -2.39. The van der Waals surface area contributed by atoms with E-state index in [-0.39, 0.29) is 42.3 Å².